The molecule has 0 saturated carbocycles. The lowest BCUT2D eigenvalue weighted by molar-refractivity contribution is 0.0563. The largest absolute Gasteiger partial charge is 0.494 e. The Morgan fingerprint density at radius 1 is 1.14 bits per heavy atom. The van der Waals surface area contributed by atoms with Gasteiger partial charge in [0.1, 0.15) is 5.75 Å². The number of ketones is 1. The number of esters is 1. The molecule has 0 N–H and O–H groups in total. The van der Waals surface area contributed by atoms with Gasteiger partial charge < -0.3 is 13.9 Å². The van der Waals surface area contributed by atoms with Crippen molar-refractivity contribution in [1.29, 1.82) is 0 Å². The summed E-state index contributed by atoms with van der Waals surface area (Å²) in [5.41, 5.74) is 0.439. The van der Waals surface area contributed by atoms with Crippen LogP contribution in [0.2, 0.25) is 0 Å². The highest BCUT2D eigenvalue weighted by molar-refractivity contribution is 6.07. The van der Waals surface area contributed by atoms with Gasteiger partial charge in [-0.05, 0) is 30.7 Å². The summed E-state index contributed by atoms with van der Waals surface area (Å²) in [5, 5.41) is 0. The minimum absolute atomic E-state index is 0.000706. The van der Waals surface area contributed by atoms with Crippen molar-refractivity contribution in [3.05, 3.63) is 53.5 Å². The molecular weight excluding hydrogens is 272 g/mol. The molecule has 1 aromatic heterocycles. The maximum absolute atomic E-state index is 12.3. The number of hydrogen-bond donors (Lipinski definition) is 0. The van der Waals surface area contributed by atoms with E-state index in [2.05, 4.69) is 4.74 Å². The molecule has 0 fully saturated rings. The lowest BCUT2D eigenvalue weighted by Crippen LogP contribution is -2.02. The molecule has 0 aliphatic rings. The number of methoxy groups -OCH3 is 1. The fraction of sp³-hybridized carbons (Fsp3) is 0.250. The maximum atomic E-state index is 12.3. The van der Waals surface area contributed by atoms with E-state index in [0.29, 0.717) is 17.9 Å². The fourth-order valence-electron chi connectivity index (χ4n) is 1.76. The standard InChI is InChI=1S/C16H16O5/c1-3-9-20-12-6-4-5-11(10-12)15(17)13-7-8-14(21-13)16(18)19-2/h4-8,10H,3,9H2,1-2H3. The van der Waals surface area contributed by atoms with Gasteiger partial charge in [0, 0.05) is 5.56 Å². The van der Waals surface area contributed by atoms with Crippen molar-refractivity contribution in [3.63, 3.8) is 0 Å². The van der Waals surface area contributed by atoms with E-state index in [0.717, 1.165) is 6.42 Å². The van der Waals surface area contributed by atoms with Crippen LogP contribution in [0.3, 0.4) is 0 Å². The Balaban J connectivity index is 2.19. The number of carbonyl (C=O) groups excluding carboxylic acids is 2. The molecule has 0 unspecified atom stereocenters. The first kappa shape index (κ1) is 14.8. The zero-order valence-electron chi connectivity index (χ0n) is 11.9. The van der Waals surface area contributed by atoms with Crippen LogP contribution in [0.25, 0.3) is 0 Å². The Bertz CT molecular complexity index is 642. The van der Waals surface area contributed by atoms with Crippen molar-refractivity contribution in [2.45, 2.75) is 13.3 Å². The predicted molar refractivity (Wildman–Crippen MR) is 75.7 cm³/mol. The zero-order chi connectivity index (χ0) is 15.2. The third-order valence-electron chi connectivity index (χ3n) is 2.79. The summed E-state index contributed by atoms with van der Waals surface area (Å²) in [4.78, 5) is 23.6. The smallest absolute Gasteiger partial charge is 0.373 e. The molecule has 0 saturated heterocycles. The topological polar surface area (TPSA) is 65.7 Å². The molecule has 1 heterocycles. The lowest BCUT2D eigenvalue weighted by atomic mass is 10.1. The predicted octanol–water partition coefficient (Wildman–Crippen LogP) is 3.09. The Morgan fingerprint density at radius 3 is 2.62 bits per heavy atom. The van der Waals surface area contributed by atoms with Gasteiger partial charge in [0.2, 0.25) is 11.5 Å². The molecule has 0 spiro atoms. The first-order chi connectivity index (χ1) is 10.2. The van der Waals surface area contributed by atoms with Crippen LogP contribution in [0.4, 0.5) is 0 Å². The second kappa shape index (κ2) is 6.74. The van der Waals surface area contributed by atoms with Gasteiger partial charge in [-0.2, -0.15) is 0 Å². The van der Waals surface area contributed by atoms with Gasteiger partial charge in [-0.15, -0.1) is 0 Å². The summed E-state index contributed by atoms with van der Waals surface area (Å²) >= 11 is 0. The minimum Gasteiger partial charge on any atom is -0.494 e. The summed E-state index contributed by atoms with van der Waals surface area (Å²) in [6.45, 7) is 2.59. The normalized spacial score (nSPS) is 10.2. The van der Waals surface area contributed by atoms with Crippen LogP contribution in [-0.2, 0) is 4.74 Å². The summed E-state index contributed by atoms with van der Waals surface area (Å²) in [5.74, 6) is -0.217. The molecule has 2 aromatic rings. The van der Waals surface area contributed by atoms with Gasteiger partial charge in [-0.25, -0.2) is 4.79 Å². The van der Waals surface area contributed by atoms with Gasteiger partial charge >= 0.3 is 5.97 Å². The van der Waals surface area contributed by atoms with Gasteiger partial charge in [0.15, 0.2) is 5.76 Å². The quantitative estimate of drug-likeness (QED) is 0.603. The Morgan fingerprint density at radius 2 is 1.90 bits per heavy atom. The van der Waals surface area contributed by atoms with Crippen molar-refractivity contribution >= 4 is 11.8 Å². The first-order valence-corrected chi connectivity index (χ1v) is 6.61. The van der Waals surface area contributed by atoms with Crippen LogP contribution >= 0.6 is 0 Å². The molecule has 2 rings (SSSR count). The highest BCUT2D eigenvalue weighted by Crippen LogP contribution is 2.18. The Hall–Kier alpha value is -2.56. The molecule has 5 heteroatoms. The molecule has 0 bridgehead atoms. The van der Waals surface area contributed by atoms with Crippen molar-refractivity contribution in [3.8, 4) is 5.75 Å². The average Bonchev–Trinajstić information content (AvgIpc) is 3.01. The maximum Gasteiger partial charge on any atom is 0.373 e. The molecule has 0 amide bonds. The van der Waals surface area contributed by atoms with Gasteiger partial charge in [0.25, 0.3) is 0 Å². The van der Waals surface area contributed by atoms with Crippen LogP contribution in [0.15, 0.2) is 40.8 Å². The SMILES string of the molecule is CCCOc1cccc(C(=O)c2ccc(C(=O)OC)o2)c1. The Kier molecular flexibility index (Phi) is 4.77. The van der Waals surface area contributed by atoms with Crippen molar-refractivity contribution in [2.75, 3.05) is 13.7 Å². The molecule has 5 nitrogen and oxygen atoms in total. The number of rotatable bonds is 6. The van der Waals surface area contributed by atoms with Crippen LogP contribution in [0, 0.1) is 0 Å². The third-order valence-corrected chi connectivity index (χ3v) is 2.79. The Labute approximate surface area is 122 Å². The number of hydrogen-bond acceptors (Lipinski definition) is 5. The summed E-state index contributed by atoms with van der Waals surface area (Å²) in [7, 11) is 1.25. The monoisotopic (exact) mass is 288 g/mol. The van der Waals surface area contributed by atoms with E-state index in [1.807, 2.05) is 6.92 Å². The number of carbonyl (C=O) groups is 2. The zero-order valence-corrected chi connectivity index (χ0v) is 11.9. The lowest BCUT2D eigenvalue weighted by Gasteiger charge is -2.05. The molecule has 110 valence electrons. The molecular formula is C16H16O5. The first-order valence-electron chi connectivity index (χ1n) is 6.61. The van der Waals surface area contributed by atoms with Crippen molar-refractivity contribution in [1.82, 2.24) is 0 Å². The van der Waals surface area contributed by atoms with Crippen LogP contribution < -0.4 is 4.74 Å². The van der Waals surface area contributed by atoms with Gasteiger partial charge in [-0.3, -0.25) is 4.79 Å². The van der Waals surface area contributed by atoms with Crippen LogP contribution in [-0.4, -0.2) is 25.5 Å². The summed E-state index contributed by atoms with van der Waals surface area (Å²) in [6.07, 6.45) is 0.888. The summed E-state index contributed by atoms with van der Waals surface area (Å²) < 4.78 is 15.2. The van der Waals surface area contributed by atoms with E-state index in [-0.39, 0.29) is 17.3 Å². The highest BCUT2D eigenvalue weighted by atomic mass is 16.5. The number of ether oxygens (including phenoxy) is 2. The van der Waals surface area contributed by atoms with Crippen LogP contribution in [0.5, 0.6) is 5.75 Å². The minimum atomic E-state index is -0.617. The fourth-order valence-corrected chi connectivity index (χ4v) is 1.76. The third kappa shape index (κ3) is 3.51. The van der Waals surface area contributed by atoms with E-state index >= 15 is 0 Å². The molecule has 0 aliphatic heterocycles. The number of furan rings is 1. The second-order valence-corrected chi connectivity index (χ2v) is 4.36. The van der Waals surface area contributed by atoms with Crippen molar-refractivity contribution in [2.24, 2.45) is 0 Å². The average molecular weight is 288 g/mol. The van der Waals surface area contributed by atoms with E-state index in [1.54, 1.807) is 24.3 Å². The van der Waals surface area contributed by atoms with Gasteiger partial charge in [-0.1, -0.05) is 19.1 Å². The van der Waals surface area contributed by atoms with E-state index in [4.69, 9.17) is 9.15 Å². The summed E-state index contributed by atoms with van der Waals surface area (Å²) in [6, 6.07) is 9.71. The number of benzene rings is 1. The van der Waals surface area contributed by atoms with Crippen LogP contribution in [0.1, 0.15) is 40.0 Å². The van der Waals surface area contributed by atoms with E-state index in [1.165, 1.54) is 19.2 Å². The van der Waals surface area contributed by atoms with E-state index in [9.17, 15) is 9.59 Å². The molecule has 1 aromatic carbocycles. The second-order valence-electron chi connectivity index (χ2n) is 4.36. The van der Waals surface area contributed by atoms with Gasteiger partial charge in [0.05, 0.1) is 13.7 Å². The molecule has 0 radical (unpaired) electrons. The molecule has 0 aliphatic carbocycles. The van der Waals surface area contributed by atoms with Crippen molar-refractivity contribution < 1.29 is 23.5 Å². The molecule has 21 heavy (non-hydrogen) atoms. The van der Waals surface area contributed by atoms with E-state index < -0.39 is 5.97 Å². The highest BCUT2D eigenvalue weighted by Gasteiger charge is 2.17. The molecule has 0 atom stereocenters.